The summed E-state index contributed by atoms with van der Waals surface area (Å²) in [6.45, 7) is 2.82. The zero-order valence-electron chi connectivity index (χ0n) is 9.86. The highest BCUT2D eigenvalue weighted by atomic mass is 16.7. The molecule has 1 saturated heterocycles. The van der Waals surface area contributed by atoms with Crippen molar-refractivity contribution in [1.29, 1.82) is 0 Å². The molecule has 0 N–H and O–H groups in total. The van der Waals surface area contributed by atoms with E-state index in [1.54, 1.807) is 7.11 Å². The minimum absolute atomic E-state index is 0.0970. The second kappa shape index (κ2) is 5.21. The molecule has 0 aliphatic carbocycles. The van der Waals surface area contributed by atoms with E-state index < -0.39 is 0 Å². The van der Waals surface area contributed by atoms with Crippen LogP contribution >= 0.6 is 0 Å². The number of hydrogen-bond donors (Lipinski definition) is 0. The summed E-state index contributed by atoms with van der Waals surface area (Å²) in [5.74, 6) is 1.65. The summed E-state index contributed by atoms with van der Waals surface area (Å²) in [5, 5.41) is 0. The van der Waals surface area contributed by atoms with Crippen molar-refractivity contribution in [1.82, 2.24) is 0 Å². The maximum absolute atomic E-state index is 5.78. The maximum atomic E-state index is 5.78. The van der Waals surface area contributed by atoms with Crippen LogP contribution in [0.4, 0.5) is 0 Å². The molecule has 0 saturated carbocycles. The molecule has 3 heteroatoms. The molecule has 1 aromatic rings. The number of hydrogen-bond acceptors (Lipinski definition) is 3. The number of rotatable bonds is 3. The molecule has 2 rings (SSSR count). The molecule has 88 valence electrons. The average molecular weight is 222 g/mol. The van der Waals surface area contributed by atoms with E-state index in [1.807, 2.05) is 25.1 Å². The van der Waals surface area contributed by atoms with Gasteiger partial charge in [0.1, 0.15) is 11.5 Å². The fourth-order valence-electron chi connectivity index (χ4n) is 1.86. The molecule has 1 fully saturated rings. The van der Waals surface area contributed by atoms with Gasteiger partial charge in [-0.1, -0.05) is 0 Å². The summed E-state index contributed by atoms with van der Waals surface area (Å²) in [7, 11) is 1.66. The normalized spacial score (nSPS) is 20.5. The van der Waals surface area contributed by atoms with Crippen molar-refractivity contribution >= 4 is 0 Å². The van der Waals surface area contributed by atoms with E-state index in [0.29, 0.717) is 0 Å². The molecule has 0 spiro atoms. The third-order valence-electron chi connectivity index (χ3n) is 2.67. The molecule has 1 atom stereocenters. The fourth-order valence-corrected chi connectivity index (χ4v) is 1.86. The second-order valence-electron chi connectivity index (χ2n) is 4.10. The lowest BCUT2D eigenvalue weighted by molar-refractivity contribution is -0.105. The molecule has 16 heavy (non-hydrogen) atoms. The summed E-state index contributed by atoms with van der Waals surface area (Å²) < 4.78 is 16.5. The summed E-state index contributed by atoms with van der Waals surface area (Å²) in [6.07, 6.45) is 3.18. The van der Waals surface area contributed by atoms with Gasteiger partial charge in [-0.05, 0) is 37.5 Å². The van der Waals surface area contributed by atoms with Gasteiger partial charge in [0.2, 0.25) is 0 Å². The van der Waals surface area contributed by atoms with Crippen molar-refractivity contribution in [2.75, 3.05) is 13.7 Å². The molecular weight excluding hydrogens is 204 g/mol. The van der Waals surface area contributed by atoms with Crippen molar-refractivity contribution < 1.29 is 14.2 Å². The Kier molecular flexibility index (Phi) is 3.67. The van der Waals surface area contributed by atoms with Crippen LogP contribution in [0.2, 0.25) is 0 Å². The van der Waals surface area contributed by atoms with Crippen molar-refractivity contribution in [2.45, 2.75) is 32.5 Å². The Bertz CT molecular complexity index is 343. The van der Waals surface area contributed by atoms with Crippen molar-refractivity contribution in [2.24, 2.45) is 0 Å². The predicted molar refractivity (Wildman–Crippen MR) is 62.0 cm³/mol. The van der Waals surface area contributed by atoms with Crippen LogP contribution in [0.25, 0.3) is 0 Å². The van der Waals surface area contributed by atoms with Gasteiger partial charge in [0.05, 0.1) is 13.7 Å². The Hall–Kier alpha value is -1.22. The van der Waals surface area contributed by atoms with Crippen LogP contribution in [-0.2, 0) is 4.74 Å². The van der Waals surface area contributed by atoms with E-state index in [-0.39, 0.29) is 6.29 Å². The molecule has 0 amide bonds. The van der Waals surface area contributed by atoms with E-state index in [4.69, 9.17) is 14.2 Å². The number of ether oxygens (including phenoxy) is 3. The summed E-state index contributed by atoms with van der Waals surface area (Å²) >= 11 is 0. The van der Waals surface area contributed by atoms with Gasteiger partial charge in [-0.3, -0.25) is 0 Å². The van der Waals surface area contributed by atoms with Gasteiger partial charge < -0.3 is 14.2 Å². The smallest absolute Gasteiger partial charge is 0.199 e. The standard InChI is InChI=1S/C13H18O3/c1-10-7-11(14-2)9-12(8-10)16-13-5-3-4-6-15-13/h7-9,13H,3-6H2,1-2H3. The third-order valence-corrected chi connectivity index (χ3v) is 2.67. The van der Waals surface area contributed by atoms with Crippen molar-refractivity contribution in [3.05, 3.63) is 23.8 Å². The maximum Gasteiger partial charge on any atom is 0.199 e. The Morgan fingerprint density at radius 3 is 2.69 bits per heavy atom. The van der Waals surface area contributed by atoms with E-state index in [9.17, 15) is 0 Å². The van der Waals surface area contributed by atoms with Crippen LogP contribution in [0.1, 0.15) is 24.8 Å². The second-order valence-corrected chi connectivity index (χ2v) is 4.10. The highest BCUT2D eigenvalue weighted by molar-refractivity contribution is 5.37. The zero-order chi connectivity index (χ0) is 11.4. The molecule has 1 aliphatic rings. The molecule has 1 heterocycles. The molecule has 1 aliphatic heterocycles. The number of benzene rings is 1. The SMILES string of the molecule is COc1cc(C)cc(OC2CCCCO2)c1. The lowest BCUT2D eigenvalue weighted by Crippen LogP contribution is -2.24. The van der Waals surface area contributed by atoms with Crippen LogP contribution in [0, 0.1) is 6.92 Å². The largest absolute Gasteiger partial charge is 0.497 e. The molecule has 1 unspecified atom stereocenters. The summed E-state index contributed by atoms with van der Waals surface area (Å²) in [5.41, 5.74) is 1.13. The van der Waals surface area contributed by atoms with Crippen LogP contribution in [0.5, 0.6) is 11.5 Å². The van der Waals surface area contributed by atoms with Gasteiger partial charge in [0.25, 0.3) is 0 Å². The molecule has 3 nitrogen and oxygen atoms in total. The van der Waals surface area contributed by atoms with Gasteiger partial charge in [0, 0.05) is 12.5 Å². The molecular formula is C13H18O3. The van der Waals surface area contributed by atoms with Crippen LogP contribution in [0.3, 0.4) is 0 Å². The van der Waals surface area contributed by atoms with E-state index in [2.05, 4.69) is 0 Å². The van der Waals surface area contributed by atoms with Crippen LogP contribution in [0.15, 0.2) is 18.2 Å². The van der Waals surface area contributed by atoms with E-state index in [0.717, 1.165) is 36.5 Å². The predicted octanol–water partition coefficient (Wildman–Crippen LogP) is 2.91. The van der Waals surface area contributed by atoms with E-state index in [1.165, 1.54) is 6.42 Å². The first kappa shape index (κ1) is 11.3. The first-order chi connectivity index (χ1) is 7.78. The van der Waals surface area contributed by atoms with Gasteiger partial charge in [-0.15, -0.1) is 0 Å². The Morgan fingerprint density at radius 2 is 2.00 bits per heavy atom. The first-order valence-corrected chi connectivity index (χ1v) is 5.72. The Balaban J connectivity index is 2.04. The molecule has 1 aromatic carbocycles. The van der Waals surface area contributed by atoms with E-state index >= 15 is 0 Å². The fraction of sp³-hybridized carbons (Fsp3) is 0.538. The monoisotopic (exact) mass is 222 g/mol. The van der Waals surface area contributed by atoms with Gasteiger partial charge in [0.15, 0.2) is 6.29 Å². The van der Waals surface area contributed by atoms with Crippen molar-refractivity contribution in [3.8, 4) is 11.5 Å². The Labute approximate surface area is 96.3 Å². The zero-order valence-corrected chi connectivity index (χ0v) is 9.86. The highest BCUT2D eigenvalue weighted by Gasteiger charge is 2.15. The number of methoxy groups -OCH3 is 1. The summed E-state index contributed by atoms with van der Waals surface area (Å²) in [4.78, 5) is 0. The Morgan fingerprint density at radius 1 is 1.19 bits per heavy atom. The minimum atomic E-state index is -0.0970. The van der Waals surface area contributed by atoms with Crippen LogP contribution in [-0.4, -0.2) is 20.0 Å². The summed E-state index contributed by atoms with van der Waals surface area (Å²) in [6, 6.07) is 5.88. The van der Waals surface area contributed by atoms with Crippen LogP contribution < -0.4 is 9.47 Å². The van der Waals surface area contributed by atoms with Gasteiger partial charge in [-0.2, -0.15) is 0 Å². The topological polar surface area (TPSA) is 27.7 Å². The average Bonchev–Trinajstić information content (AvgIpc) is 2.29. The lowest BCUT2D eigenvalue weighted by atomic mass is 10.2. The third kappa shape index (κ3) is 2.89. The van der Waals surface area contributed by atoms with Crippen molar-refractivity contribution in [3.63, 3.8) is 0 Å². The van der Waals surface area contributed by atoms with Gasteiger partial charge in [-0.25, -0.2) is 0 Å². The van der Waals surface area contributed by atoms with Gasteiger partial charge >= 0.3 is 0 Å². The molecule has 0 radical (unpaired) electrons. The highest BCUT2D eigenvalue weighted by Crippen LogP contribution is 2.25. The molecule has 0 aromatic heterocycles. The lowest BCUT2D eigenvalue weighted by Gasteiger charge is -2.23. The quantitative estimate of drug-likeness (QED) is 0.787. The molecule has 0 bridgehead atoms. The minimum Gasteiger partial charge on any atom is -0.497 e. The number of aryl methyl sites for hydroxylation is 1. The first-order valence-electron chi connectivity index (χ1n) is 5.72.